The third kappa shape index (κ3) is 3.71. The largest absolute Gasteiger partial charge is 0.317 e. The van der Waals surface area contributed by atoms with E-state index < -0.39 is 10.0 Å². The lowest BCUT2D eigenvalue weighted by Crippen LogP contribution is -2.36. The SMILES string of the molecule is CC(C)S(=O)(=O)N(C)CCC1CCNCC1. The number of nitrogens with zero attached hydrogens (tertiary/aromatic N) is 1. The van der Waals surface area contributed by atoms with Gasteiger partial charge in [-0.15, -0.1) is 0 Å². The summed E-state index contributed by atoms with van der Waals surface area (Å²) in [5.41, 5.74) is 0. The Morgan fingerprint density at radius 3 is 2.38 bits per heavy atom. The second kappa shape index (κ2) is 5.98. The molecular weight excluding hydrogens is 224 g/mol. The van der Waals surface area contributed by atoms with Crippen LogP contribution in [0.4, 0.5) is 0 Å². The Morgan fingerprint density at radius 1 is 1.31 bits per heavy atom. The van der Waals surface area contributed by atoms with E-state index in [1.807, 2.05) is 0 Å². The van der Waals surface area contributed by atoms with Crippen LogP contribution < -0.4 is 5.32 Å². The number of hydrogen-bond acceptors (Lipinski definition) is 3. The minimum absolute atomic E-state index is 0.314. The van der Waals surface area contributed by atoms with Crippen LogP contribution in [0.2, 0.25) is 0 Å². The molecule has 1 N–H and O–H groups in total. The van der Waals surface area contributed by atoms with Crippen molar-refractivity contribution < 1.29 is 8.42 Å². The van der Waals surface area contributed by atoms with Crippen molar-refractivity contribution in [3.8, 4) is 0 Å². The molecule has 1 saturated heterocycles. The van der Waals surface area contributed by atoms with E-state index in [1.54, 1.807) is 20.9 Å². The van der Waals surface area contributed by atoms with Gasteiger partial charge >= 0.3 is 0 Å². The van der Waals surface area contributed by atoms with Crippen LogP contribution in [0.1, 0.15) is 33.1 Å². The molecule has 0 bridgehead atoms. The van der Waals surface area contributed by atoms with Gasteiger partial charge in [-0.3, -0.25) is 0 Å². The van der Waals surface area contributed by atoms with Crippen molar-refractivity contribution in [2.75, 3.05) is 26.7 Å². The smallest absolute Gasteiger partial charge is 0.216 e. The molecule has 1 aliphatic heterocycles. The summed E-state index contributed by atoms with van der Waals surface area (Å²) in [6.45, 7) is 6.27. The molecule has 1 heterocycles. The van der Waals surface area contributed by atoms with Crippen molar-refractivity contribution in [1.82, 2.24) is 9.62 Å². The molecule has 1 fully saturated rings. The van der Waals surface area contributed by atoms with Crippen LogP contribution in [0.3, 0.4) is 0 Å². The number of piperidine rings is 1. The Labute approximate surface area is 99.5 Å². The van der Waals surface area contributed by atoms with Crippen LogP contribution in [0.15, 0.2) is 0 Å². The molecule has 0 spiro atoms. The van der Waals surface area contributed by atoms with E-state index in [4.69, 9.17) is 0 Å². The molecule has 0 aliphatic carbocycles. The van der Waals surface area contributed by atoms with E-state index >= 15 is 0 Å². The van der Waals surface area contributed by atoms with Gasteiger partial charge < -0.3 is 5.32 Å². The molecule has 0 aromatic rings. The summed E-state index contributed by atoms with van der Waals surface area (Å²) in [6.07, 6.45) is 3.34. The van der Waals surface area contributed by atoms with Gasteiger partial charge in [0.05, 0.1) is 5.25 Å². The monoisotopic (exact) mass is 248 g/mol. The van der Waals surface area contributed by atoms with E-state index in [0.29, 0.717) is 12.5 Å². The van der Waals surface area contributed by atoms with Crippen LogP contribution in [-0.4, -0.2) is 44.7 Å². The summed E-state index contributed by atoms with van der Waals surface area (Å²) in [4.78, 5) is 0. The number of rotatable bonds is 5. The maximum absolute atomic E-state index is 11.8. The maximum atomic E-state index is 11.8. The summed E-state index contributed by atoms with van der Waals surface area (Å²) in [7, 11) is -1.37. The standard InChI is InChI=1S/C11H24N2O2S/c1-10(2)16(14,15)13(3)9-6-11-4-7-12-8-5-11/h10-12H,4-9H2,1-3H3. The topological polar surface area (TPSA) is 49.4 Å². The number of hydrogen-bond donors (Lipinski definition) is 1. The van der Waals surface area contributed by atoms with E-state index in [-0.39, 0.29) is 5.25 Å². The van der Waals surface area contributed by atoms with Gasteiger partial charge in [0.1, 0.15) is 0 Å². The highest BCUT2D eigenvalue weighted by Gasteiger charge is 2.23. The zero-order chi connectivity index (χ0) is 12.2. The molecule has 0 atom stereocenters. The summed E-state index contributed by atoms with van der Waals surface area (Å²) in [5.74, 6) is 0.686. The van der Waals surface area contributed by atoms with Crippen LogP contribution in [0, 0.1) is 5.92 Å². The number of nitrogens with one attached hydrogen (secondary N) is 1. The van der Waals surface area contributed by atoms with Crippen molar-refractivity contribution >= 4 is 10.0 Å². The summed E-state index contributed by atoms with van der Waals surface area (Å²) < 4.78 is 25.1. The van der Waals surface area contributed by atoms with E-state index in [9.17, 15) is 8.42 Å². The molecule has 0 saturated carbocycles. The second-order valence-electron chi connectivity index (χ2n) is 4.90. The van der Waals surface area contributed by atoms with Gasteiger partial charge in [0, 0.05) is 13.6 Å². The Morgan fingerprint density at radius 2 is 1.88 bits per heavy atom. The van der Waals surface area contributed by atoms with Crippen molar-refractivity contribution in [2.24, 2.45) is 5.92 Å². The first kappa shape index (κ1) is 13.9. The molecule has 96 valence electrons. The third-order valence-corrected chi connectivity index (χ3v) is 5.58. The summed E-state index contributed by atoms with van der Waals surface area (Å²) >= 11 is 0. The zero-order valence-electron chi connectivity index (χ0n) is 10.6. The third-order valence-electron chi connectivity index (χ3n) is 3.34. The molecule has 4 nitrogen and oxygen atoms in total. The van der Waals surface area contributed by atoms with Crippen LogP contribution in [-0.2, 0) is 10.0 Å². The highest BCUT2D eigenvalue weighted by atomic mass is 32.2. The summed E-state index contributed by atoms with van der Waals surface area (Å²) in [6, 6.07) is 0. The van der Waals surface area contributed by atoms with Crippen molar-refractivity contribution in [1.29, 1.82) is 0 Å². The maximum Gasteiger partial charge on any atom is 0.216 e. The molecule has 1 aliphatic rings. The Balaban J connectivity index is 2.37. The van der Waals surface area contributed by atoms with Gasteiger partial charge in [-0.05, 0) is 52.1 Å². The first-order valence-electron chi connectivity index (χ1n) is 6.10. The molecule has 0 radical (unpaired) electrons. The van der Waals surface area contributed by atoms with Crippen LogP contribution >= 0.6 is 0 Å². The Hall–Kier alpha value is -0.130. The molecule has 0 aromatic carbocycles. The quantitative estimate of drug-likeness (QED) is 0.791. The van der Waals surface area contributed by atoms with E-state index in [1.165, 1.54) is 17.1 Å². The fraction of sp³-hybridized carbons (Fsp3) is 1.00. The number of sulfonamides is 1. The second-order valence-corrected chi connectivity index (χ2v) is 7.49. The molecule has 16 heavy (non-hydrogen) atoms. The molecule has 0 unspecified atom stereocenters. The van der Waals surface area contributed by atoms with Crippen molar-refractivity contribution in [3.05, 3.63) is 0 Å². The van der Waals surface area contributed by atoms with Gasteiger partial charge in [-0.1, -0.05) is 0 Å². The normalized spacial score (nSPS) is 19.6. The lowest BCUT2D eigenvalue weighted by atomic mass is 9.95. The minimum atomic E-state index is -3.06. The fourth-order valence-corrected chi connectivity index (χ4v) is 3.10. The fourth-order valence-electron chi connectivity index (χ4n) is 2.02. The predicted octanol–water partition coefficient (Wildman–Crippen LogP) is 1.05. The van der Waals surface area contributed by atoms with Gasteiger partial charge in [0.25, 0.3) is 0 Å². The molecule has 0 aromatic heterocycles. The lowest BCUT2D eigenvalue weighted by Gasteiger charge is -2.25. The van der Waals surface area contributed by atoms with Gasteiger partial charge in [0.2, 0.25) is 10.0 Å². The highest BCUT2D eigenvalue weighted by Crippen LogP contribution is 2.17. The van der Waals surface area contributed by atoms with Gasteiger partial charge in [0.15, 0.2) is 0 Å². The van der Waals surface area contributed by atoms with Gasteiger partial charge in [-0.25, -0.2) is 12.7 Å². The first-order valence-corrected chi connectivity index (χ1v) is 7.60. The van der Waals surface area contributed by atoms with Crippen LogP contribution in [0.25, 0.3) is 0 Å². The first-order chi connectivity index (χ1) is 7.44. The Kier molecular flexibility index (Phi) is 5.21. The Bertz CT molecular complexity index is 295. The highest BCUT2D eigenvalue weighted by molar-refractivity contribution is 7.89. The minimum Gasteiger partial charge on any atom is -0.317 e. The molecule has 0 amide bonds. The average Bonchev–Trinajstić information content (AvgIpc) is 2.27. The zero-order valence-corrected chi connectivity index (χ0v) is 11.4. The molecular formula is C11H24N2O2S. The molecule has 5 heteroatoms. The average molecular weight is 248 g/mol. The predicted molar refractivity (Wildman–Crippen MR) is 66.9 cm³/mol. The molecule has 1 rings (SSSR count). The van der Waals surface area contributed by atoms with E-state index in [0.717, 1.165) is 19.5 Å². The van der Waals surface area contributed by atoms with Crippen molar-refractivity contribution in [3.63, 3.8) is 0 Å². The summed E-state index contributed by atoms with van der Waals surface area (Å²) in [5, 5.41) is 3.00. The lowest BCUT2D eigenvalue weighted by molar-refractivity contribution is 0.325. The van der Waals surface area contributed by atoms with Crippen molar-refractivity contribution in [2.45, 2.75) is 38.4 Å². The van der Waals surface area contributed by atoms with Crippen LogP contribution in [0.5, 0.6) is 0 Å². The van der Waals surface area contributed by atoms with Gasteiger partial charge in [-0.2, -0.15) is 0 Å². The van der Waals surface area contributed by atoms with E-state index in [2.05, 4.69) is 5.32 Å².